The first kappa shape index (κ1) is 20.0. The van der Waals surface area contributed by atoms with E-state index in [-0.39, 0.29) is 11.8 Å². The summed E-state index contributed by atoms with van der Waals surface area (Å²) < 4.78 is 4.64. The summed E-state index contributed by atoms with van der Waals surface area (Å²) >= 11 is 13.8. The number of benzene rings is 1. The number of alkyl halides is 2. The third-order valence-electron chi connectivity index (χ3n) is 5.97. The van der Waals surface area contributed by atoms with Gasteiger partial charge in [-0.05, 0) is 26.2 Å². The maximum Gasteiger partial charge on any atom is 0.228 e. The number of nitrogens with zero attached hydrogens (tertiary/aromatic N) is 3. The molecule has 0 spiro atoms. The van der Waals surface area contributed by atoms with Crippen LogP contribution in [0.25, 0.3) is 22.5 Å². The first-order valence-corrected chi connectivity index (χ1v) is 11.7. The quantitative estimate of drug-likeness (QED) is 0.469. The van der Waals surface area contributed by atoms with Crippen LogP contribution in [-0.2, 0) is 4.79 Å². The molecule has 1 saturated heterocycles. The van der Waals surface area contributed by atoms with Gasteiger partial charge in [0.1, 0.15) is 15.8 Å². The summed E-state index contributed by atoms with van der Waals surface area (Å²) in [6, 6.07) is 10.0. The van der Waals surface area contributed by atoms with Gasteiger partial charge in [-0.3, -0.25) is 4.79 Å². The van der Waals surface area contributed by atoms with Crippen molar-refractivity contribution in [3.63, 3.8) is 0 Å². The molecule has 2 aliphatic rings. The Hall–Kier alpha value is -1.89. The maximum absolute atomic E-state index is 12.5. The second-order valence-corrected chi connectivity index (χ2v) is 10.4. The molecule has 1 aliphatic heterocycles. The number of likely N-dealkylation sites (tertiary alicyclic amines) is 1. The Morgan fingerprint density at radius 1 is 1.23 bits per heavy atom. The average Bonchev–Trinajstić information content (AvgIpc) is 3.10. The molecule has 1 unspecified atom stereocenters. The van der Waals surface area contributed by atoms with Gasteiger partial charge in [-0.15, -0.1) is 34.5 Å². The largest absolute Gasteiger partial charge is 0.360 e. The number of hydrogen-bond acceptors (Lipinski definition) is 5. The molecule has 0 N–H and O–H groups in total. The summed E-state index contributed by atoms with van der Waals surface area (Å²) in [7, 11) is 0. The normalized spacial score (nSPS) is 21.0. The molecule has 1 saturated carbocycles. The van der Waals surface area contributed by atoms with Gasteiger partial charge in [0.2, 0.25) is 5.91 Å². The molecule has 8 heteroatoms. The predicted octanol–water partition coefficient (Wildman–Crippen LogP) is 5.67. The highest BCUT2D eigenvalue weighted by molar-refractivity contribution is 7.10. The van der Waals surface area contributed by atoms with Crippen LogP contribution in [0.5, 0.6) is 0 Å². The highest BCUT2D eigenvalue weighted by atomic mass is 35.5. The van der Waals surface area contributed by atoms with E-state index in [4.69, 9.17) is 32.7 Å². The fourth-order valence-electron chi connectivity index (χ4n) is 4.11. The summed E-state index contributed by atoms with van der Waals surface area (Å²) in [5.41, 5.74) is 3.68. The van der Waals surface area contributed by atoms with Gasteiger partial charge in [-0.25, -0.2) is 4.98 Å². The minimum Gasteiger partial charge on any atom is -0.360 e. The van der Waals surface area contributed by atoms with E-state index in [9.17, 15) is 4.79 Å². The van der Waals surface area contributed by atoms with Crippen molar-refractivity contribution in [3.8, 4) is 22.5 Å². The van der Waals surface area contributed by atoms with Gasteiger partial charge in [-0.1, -0.05) is 35.5 Å². The van der Waals surface area contributed by atoms with E-state index < -0.39 is 4.33 Å². The molecule has 1 atom stereocenters. The molecular formula is C22H21Cl2N3O2S. The van der Waals surface area contributed by atoms with Crippen LogP contribution in [0.2, 0.25) is 0 Å². The number of hydrogen-bond donors (Lipinski definition) is 0. The van der Waals surface area contributed by atoms with E-state index in [1.54, 1.807) is 11.3 Å². The fraction of sp³-hybridized carbons (Fsp3) is 0.409. The van der Waals surface area contributed by atoms with Crippen molar-refractivity contribution in [2.75, 3.05) is 13.1 Å². The Balaban J connectivity index is 1.31. The smallest absolute Gasteiger partial charge is 0.228 e. The van der Waals surface area contributed by atoms with Gasteiger partial charge in [-0.2, -0.15) is 0 Å². The van der Waals surface area contributed by atoms with Gasteiger partial charge in [0, 0.05) is 30.0 Å². The van der Waals surface area contributed by atoms with Crippen molar-refractivity contribution in [2.24, 2.45) is 5.92 Å². The highest BCUT2D eigenvalue weighted by Crippen LogP contribution is 2.54. The Morgan fingerprint density at radius 3 is 2.60 bits per heavy atom. The molecule has 1 amide bonds. The third kappa shape index (κ3) is 3.66. The average molecular weight is 462 g/mol. The van der Waals surface area contributed by atoms with E-state index in [1.165, 1.54) is 0 Å². The molecule has 0 bridgehead atoms. The van der Waals surface area contributed by atoms with Gasteiger partial charge in [0.25, 0.3) is 0 Å². The Morgan fingerprint density at radius 2 is 1.93 bits per heavy atom. The Bertz CT molecular complexity index is 1070. The van der Waals surface area contributed by atoms with Crippen molar-refractivity contribution in [1.29, 1.82) is 0 Å². The lowest BCUT2D eigenvalue weighted by Crippen LogP contribution is -2.39. The van der Waals surface area contributed by atoms with Gasteiger partial charge in [0.05, 0.1) is 22.2 Å². The Labute approximate surface area is 189 Å². The molecule has 0 radical (unpaired) electrons. The zero-order chi connectivity index (χ0) is 20.9. The lowest BCUT2D eigenvalue weighted by atomic mass is 9.97. The zero-order valence-electron chi connectivity index (χ0n) is 16.5. The van der Waals surface area contributed by atoms with Crippen LogP contribution in [-0.4, -0.2) is 38.4 Å². The van der Waals surface area contributed by atoms with Crippen LogP contribution in [0.15, 0.2) is 40.2 Å². The Kier molecular flexibility index (Phi) is 5.12. The number of carbonyl (C=O) groups excluding carboxylic acids is 1. The SMILES string of the molecule is Cc1onc(-c2ccccc2)c1-c1csc(C2CCN(C(=O)C3CC3(Cl)Cl)CC2)n1. The molecule has 1 aliphatic carbocycles. The first-order chi connectivity index (χ1) is 14.4. The number of thiazole rings is 1. The van der Waals surface area contributed by atoms with E-state index in [2.05, 4.69) is 10.5 Å². The van der Waals surface area contributed by atoms with Crippen LogP contribution < -0.4 is 0 Å². The number of rotatable bonds is 4. The van der Waals surface area contributed by atoms with Crippen molar-refractivity contribution in [2.45, 2.75) is 36.4 Å². The zero-order valence-corrected chi connectivity index (χ0v) is 18.8. The van der Waals surface area contributed by atoms with Crippen molar-refractivity contribution < 1.29 is 9.32 Å². The number of carbonyl (C=O) groups is 1. The van der Waals surface area contributed by atoms with E-state index in [0.29, 0.717) is 12.3 Å². The third-order valence-corrected chi connectivity index (χ3v) is 7.81. The number of halogens is 2. The molecule has 3 aromatic rings. The number of aryl methyl sites for hydroxylation is 1. The van der Waals surface area contributed by atoms with E-state index in [0.717, 1.165) is 59.2 Å². The monoisotopic (exact) mass is 461 g/mol. The standard InChI is InChI=1S/C22H21Cl2N3O2S/c1-13-18(19(26-29-13)14-5-3-2-4-6-14)17-12-30-20(25-17)15-7-9-27(10-8-15)21(28)16-11-22(16,23)24/h2-6,12,15-16H,7-11H2,1H3. The number of amides is 1. The van der Waals surface area contributed by atoms with Crippen LogP contribution >= 0.6 is 34.5 Å². The molecule has 2 aromatic heterocycles. The molecule has 5 nitrogen and oxygen atoms in total. The topological polar surface area (TPSA) is 59.2 Å². The lowest BCUT2D eigenvalue weighted by Gasteiger charge is -2.31. The van der Waals surface area contributed by atoms with Gasteiger partial charge < -0.3 is 9.42 Å². The first-order valence-electron chi connectivity index (χ1n) is 10.1. The van der Waals surface area contributed by atoms with Crippen LogP contribution in [0.4, 0.5) is 0 Å². The molecule has 2 fully saturated rings. The predicted molar refractivity (Wildman–Crippen MR) is 119 cm³/mol. The maximum atomic E-state index is 12.5. The molecule has 1 aromatic carbocycles. The van der Waals surface area contributed by atoms with E-state index in [1.807, 2.05) is 42.2 Å². The molecule has 5 rings (SSSR count). The summed E-state index contributed by atoms with van der Waals surface area (Å²) in [5, 5.41) is 7.46. The van der Waals surface area contributed by atoms with Gasteiger partial charge >= 0.3 is 0 Å². The summed E-state index contributed by atoms with van der Waals surface area (Å²) in [4.78, 5) is 19.4. The molecule has 3 heterocycles. The number of piperidine rings is 1. The minimum absolute atomic E-state index is 0.0888. The van der Waals surface area contributed by atoms with Crippen molar-refractivity contribution in [3.05, 3.63) is 46.5 Å². The molecule has 156 valence electrons. The fourth-order valence-corrected chi connectivity index (χ4v) is 5.58. The second kappa shape index (κ2) is 7.66. The van der Waals surface area contributed by atoms with Crippen molar-refractivity contribution >= 4 is 40.4 Å². The van der Waals surface area contributed by atoms with E-state index >= 15 is 0 Å². The van der Waals surface area contributed by atoms with Crippen LogP contribution in [0, 0.1) is 12.8 Å². The summed E-state index contributed by atoms with van der Waals surface area (Å²) in [5.74, 6) is 0.966. The summed E-state index contributed by atoms with van der Waals surface area (Å²) in [6.07, 6.45) is 2.36. The van der Waals surface area contributed by atoms with Crippen LogP contribution in [0.3, 0.4) is 0 Å². The second-order valence-electron chi connectivity index (χ2n) is 8.02. The molecular weight excluding hydrogens is 441 g/mol. The van der Waals surface area contributed by atoms with Crippen molar-refractivity contribution in [1.82, 2.24) is 15.0 Å². The molecule has 30 heavy (non-hydrogen) atoms. The number of aromatic nitrogens is 2. The summed E-state index contributed by atoms with van der Waals surface area (Å²) in [6.45, 7) is 3.37. The minimum atomic E-state index is -0.856. The lowest BCUT2D eigenvalue weighted by molar-refractivity contribution is -0.133. The highest BCUT2D eigenvalue weighted by Gasteiger charge is 2.57. The van der Waals surface area contributed by atoms with Gasteiger partial charge in [0.15, 0.2) is 0 Å². The van der Waals surface area contributed by atoms with Crippen LogP contribution in [0.1, 0.15) is 35.9 Å².